The fraction of sp³-hybridized carbons (Fsp3) is 0.364. The van der Waals surface area contributed by atoms with Gasteiger partial charge in [0.1, 0.15) is 6.10 Å². The molecular formula is C11H15NO6. The Kier molecular flexibility index (Phi) is 4.12. The molecule has 1 aromatic carbocycles. The lowest BCUT2D eigenvalue weighted by Gasteiger charge is -2.26. The summed E-state index contributed by atoms with van der Waals surface area (Å²) in [7, 11) is 0. The lowest BCUT2D eigenvalue weighted by Crippen LogP contribution is -2.53. The predicted octanol–water partition coefficient (Wildman–Crippen LogP) is -0.658. The van der Waals surface area contributed by atoms with E-state index >= 15 is 0 Å². The number of phenols is 2. The average Bonchev–Trinajstić information content (AvgIpc) is 2.32. The summed E-state index contributed by atoms with van der Waals surface area (Å²) < 4.78 is 4.52. The minimum Gasteiger partial charge on any atom is -0.504 e. The monoisotopic (exact) mass is 257 g/mol. The fourth-order valence-corrected chi connectivity index (χ4v) is 1.32. The van der Waals surface area contributed by atoms with Gasteiger partial charge in [-0.2, -0.15) is 0 Å². The fourth-order valence-electron chi connectivity index (χ4n) is 1.32. The molecular weight excluding hydrogens is 242 g/mol. The summed E-state index contributed by atoms with van der Waals surface area (Å²) in [6.07, 6.45) is -1.80. The van der Waals surface area contributed by atoms with Crippen LogP contribution in [0.15, 0.2) is 18.2 Å². The van der Waals surface area contributed by atoms with Crippen molar-refractivity contribution in [3.63, 3.8) is 0 Å². The number of nitrogens with two attached hydrogens (primary N) is 1. The Morgan fingerprint density at radius 3 is 2.56 bits per heavy atom. The molecule has 0 saturated carbocycles. The van der Waals surface area contributed by atoms with Crippen molar-refractivity contribution in [2.45, 2.75) is 18.8 Å². The molecule has 7 nitrogen and oxygen atoms in total. The number of aliphatic hydroxyl groups excluding tert-OH is 1. The highest BCUT2D eigenvalue weighted by Gasteiger charge is 2.42. The number of hydrogen-bond acceptors (Lipinski definition) is 7. The van der Waals surface area contributed by atoms with Crippen LogP contribution in [0.1, 0.15) is 18.6 Å². The molecule has 0 bridgehead atoms. The highest BCUT2D eigenvalue weighted by molar-refractivity contribution is 5.79. The summed E-state index contributed by atoms with van der Waals surface area (Å²) in [5.41, 5.74) is 2.62. The van der Waals surface area contributed by atoms with Crippen LogP contribution < -0.4 is 5.73 Å². The first kappa shape index (κ1) is 14.2. The number of esters is 1. The molecule has 2 unspecified atom stereocenters. The van der Waals surface area contributed by atoms with E-state index in [1.54, 1.807) is 0 Å². The summed E-state index contributed by atoms with van der Waals surface area (Å²) in [6.45, 7) is 1.51. The number of benzene rings is 1. The number of phenolic OH excluding ortho intramolecular Hbond substituents is 2. The van der Waals surface area contributed by atoms with Gasteiger partial charge in [-0.25, -0.2) is 4.79 Å². The summed E-state index contributed by atoms with van der Waals surface area (Å²) in [6, 6.07) is 3.28. The van der Waals surface area contributed by atoms with Crippen molar-refractivity contribution >= 4 is 5.97 Å². The predicted molar refractivity (Wildman–Crippen MR) is 60.5 cm³/mol. The van der Waals surface area contributed by atoms with Crippen molar-refractivity contribution in [3.8, 4) is 11.5 Å². The van der Waals surface area contributed by atoms with Crippen LogP contribution in [0.4, 0.5) is 0 Å². The van der Waals surface area contributed by atoms with Gasteiger partial charge in [-0.15, -0.1) is 0 Å². The van der Waals surface area contributed by atoms with Gasteiger partial charge < -0.3 is 25.2 Å². The molecule has 0 aliphatic carbocycles. The molecule has 0 heterocycles. The van der Waals surface area contributed by atoms with Crippen molar-refractivity contribution in [3.05, 3.63) is 23.8 Å². The van der Waals surface area contributed by atoms with Crippen LogP contribution in [0.2, 0.25) is 0 Å². The summed E-state index contributed by atoms with van der Waals surface area (Å²) in [5.74, 6) is -2.10. The molecule has 0 saturated heterocycles. The molecule has 1 aromatic rings. The second kappa shape index (κ2) is 5.21. The van der Waals surface area contributed by atoms with E-state index in [4.69, 9.17) is 10.8 Å². The van der Waals surface area contributed by atoms with E-state index in [0.717, 1.165) is 12.1 Å². The zero-order valence-corrected chi connectivity index (χ0v) is 9.70. The molecule has 0 spiro atoms. The first-order valence-electron chi connectivity index (χ1n) is 5.19. The molecule has 0 radical (unpaired) electrons. The quantitative estimate of drug-likeness (QED) is 0.275. The number of ether oxygens (including phenoxy) is 1. The second-order valence-electron chi connectivity index (χ2n) is 3.70. The Hall–Kier alpha value is -1.83. The topological polar surface area (TPSA) is 133 Å². The van der Waals surface area contributed by atoms with E-state index in [9.17, 15) is 20.1 Å². The summed E-state index contributed by atoms with van der Waals surface area (Å²) in [4.78, 5) is 11.4. The molecule has 2 atom stereocenters. The van der Waals surface area contributed by atoms with E-state index in [0.29, 0.717) is 0 Å². The number of rotatable bonds is 4. The molecule has 1 rings (SSSR count). The van der Waals surface area contributed by atoms with Crippen molar-refractivity contribution in [1.29, 1.82) is 0 Å². The van der Waals surface area contributed by atoms with Gasteiger partial charge in [-0.1, -0.05) is 6.07 Å². The van der Waals surface area contributed by atoms with Crippen LogP contribution in [0.25, 0.3) is 0 Å². The van der Waals surface area contributed by atoms with E-state index in [1.165, 1.54) is 13.0 Å². The Morgan fingerprint density at radius 1 is 1.44 bits per heavy atom. The third kappa shape index (κ3) is 2.70. The molecule has 0 amide bonds. The number of hydrogen-bond donors (Lipinski definition) is 5. The molecule has 0 aromatic heterocycles. The summed E-state index contributed by atoms with van der Waals surface area (Å²) in [5, 5.41) is 37.9. The molecule has 7 heteroatoms. The van der Waals surface area contributed by atoms with Gasteiger partial charge in [0.05, 0.1) is 6.61 Å². The summed E-state index contributed by atoms with van der Waals surface area (Å²) >= 11 is 0. The van der Waals surface area contributed by atoms with E-state index < -0.39 is 29.3 Å². The SMILES string of the molecule is CCOC(=O)C(N)(O)C(O)c1ccc(O)c(O)c1. The number of aromatic hydroxyl groups is 2. The first-order chi connectivity index (χ1) is 8.30. The van der Waals surface area contributed by atoms with Gasteiger partial charge in [-0.05, 0) is 24.6 Å². The molecule has 100 valence electrons. The lowest BCUT2D eigenvalue weighted by molar-refractivity contribution is -0.177. The molecule has 0 aliphatic rings. The minimum atomic E-state index is -2.64. The average molecular weight is 257 g/mol. The highest BCUT2D eigenvalue weighted by atomic mass is 16.6. The normalized spacial score (nSPS) is 15.8. The standard InChI is InChI=1S/C11H15NO6/c1-2-18-10(16)11(12,17)9(15)6-3-4-7(13)8(14)5-6/h3-5,9,13-15,17H,2,12H2,1H3. The van der Waals surface area contributed by atoms with Crippen LogP contribution in [0.3, 0.4) is 0 Å². The Bertz CT molecular complexity index is 445. The Morgan fingerprint density at radius 2 is 2.06 bits per heavy atom. The third-order valence-corrected chi connectivity index (χ3v) is 2.33. The molecule has 18 heavy (non-hydrogen) atoms. The molecule has 0 aliphatic heterocycles. The smallest absolute Gasteiger partial charge is 0.356 e. The van der Waals surface area contributed by atoms with Crippen molar-refractivity contribution in [2.75, 3.05) is 6.61 Å². The zero-order chi connectivity index (χ0) is 13.9. The highest BCUT2D eigenvalue weighted by Crippen LogP contribution is 2.31. The van der Waals surface area contributed by atoms with Crippen LogP contribution >= 0.6 is 0 Å². The van der Waals surface area contributed by atoms with Gasteiger partial charge >= 0.3 is 5.97 Å². The van der Waals surface area contributed by atoms with Crippen LogP contribution in [-0.4, -0.2) is 38.7 Å². The zero-order valence-electron chi connectivity index (χ0n) is 9.70. The van der Waals surface area contributed by atoms with Crippen LogP contribution in [0, 0.1) is 0 Å². The Labute approximate surface area is 103 Å². The third-order valence-electron chi connectivity index (χ3n) is 2.33. The van der Waals surface area contributed by atoms with Gasteiger partial charge in [0.25, 0.3) is 0 Å². The van der Waals surface area contributed by atoms with Gasteiger partial charge in [0.2, 0.25) is 5.72 Å². The van der Waals surface area contributed by atoms with E-state index in [1.807, 2.05) is 0 Å². The second-order valence-corrected chi connectivity index (χ2v) is 3.70. The Balaban J connectivity index is 3.01. The molecule has 6 N–H and O–H groups in total. The maximum absolute atomic E-state index is 11.4. The van der Waals surface area contributed by atoms with Crippen LogP contribution in [-0.2, 0) is 9.53 Å². The first-order valence-corrected chi connectivity index (χ1v) is 5.19. The van der Waals surface area contributed by atoms with E-state index in [-0.39, 0.29) is 12.2 Å². The van der Waals surface area contributed by atoms with Crippen molar-refractivity contribution < 1.29 is 30.0 Å². The maximum atomic E-state index is 11.4. The number of aliphatic hydroxyl groups is 2. The van der Waals surface area contributed by atoms with Gasteiger partial charge in [0, 0.05) is 0 Å². The number of carbonyl (C=O) groups is 1. The van der Waals surface area contributed by atoms with Crippen molar-refractivity contribution in [2.24, 2.45) is 5.73 Å². The van der Waals surface area contributed by atoms with Gasteiger partial charge in [-0.3, -0.25) is 5.73 Å². The number of carbonyl (C=O) groups excluding carboxylic acids is 1. The van der Waals surface area contributed by atoms with Crippen molar-refractivity contribution in [1.82, 2.24) is 0 Å². The van der Waals surface area contributed by atoms with E-state index in [2.05, 4.69) is 4.74 Å². The minimum absolute atomic E-state index is 0.00804. The maximum Gasteiger partial charge on any atom is 0.356 e. The van der Waals surface area contributed by atoms with Crippen LogP contribution in [0.5, 0.6) is 11.5 Å². The van der Waals surface area contributed by atoms with Gasteiger partial charge in [0.15, 0.2) is 11.5 Å². The lowest BCUT2D eigenvalue weighted by atomic mass is 9.99. The largest absolute Gasteiger partial charge is 0.504 e. The molecule has 0 fully saturated rings.